The quantitative estimate of drug-likeness (QED) is 0.745. The summed E-state index contributed by atoms with van der Waals surface area (Å²) in [6, 6.07) is 16.0. The van der Waals surface area contributed by atoms with E-state index in [0.717, 1.165) is 17.8 Å². The Balaban J connectivity index is 1.63. The number of ether oxygens (including phenoxy) is 1. The minimum absolute atomic E-state index is 0.103. The number of hydrogen-bond donors (Lipinski definition) is 1. The molecule has 0 bridgehead atoms. The molecule has 0 saturated heterocycles. The van der Waals surface area contributed by atoms with Crippen LogP contribution in [0.5, 0.6) is 5.75 Å². The molecule has 27 heavy (non-hydrogen) atoms. The van der Waals surface area contributed by atoms with Crippen LogP contribution in [0.2, 0.25) is 0 Å². The molecular weight excluding hydrogens is 338 g/mol. The molecule has 1 N–H and O–H groups in total. The van der Waals surface area contributed by atoms with Gasteiger partial charge in [0.25, 0.3) is 0 Å². The van der Waals surface area contributed by atoms with Gasteiger partial charge in [-0.25, -0.2) is 9.97 Å². The number of carbonyl (C=O) groups excluding carboxylic acids is 1. The number of aryl methyl sites for hydroxylation is 1. The van der Waals surface area contributed by atoms with Gasteiger partial charge in [-0.1, -0.05) is 42.0 Å². The Morgan fingerprint density at radius 3 is 2.78 bits per heavy atom. The van der Waals surface area contributed by atoms with E-state index >= 15 is 0 Å². The van der Waals surface area contributed by atoms with E-state index in [1.54, 1.807) is 13.3 Å². The lowest BCUT2D eigenvalue weighted by molar-refractivity contribution is 0.0962. The van der Waals surface area contributed by atoms with Gasteiger partial charge in [0.15, 0.2) is 5.78 Å². The van der Waals surface area contributed by atoms with Crippen LogP contribution in [0.3, 0.4) is 0 Å². The molecule has 1 aliphatic rings. The van der Waals surface area contributed by atoms with Gasteiger partial charge >= 0.3 is 0 Å². The second-order valence-corrected chi connectivity index (χ2v) is 6.82. The van der Waals surface area contributed by atoms with Crippen molar-refractivity contribution in [3.63, 3.8) is 0 Å². The Bertz CT molecular complexity index is 1000. The first-order chi connectivity index (χ1) is 13.1. The third-order valence-corrected chi connectivity index (χ3v) is 4.91. The van der Waals surface area contributed by atoms with E-state index in [1.807, 2.05) is 30.3 Å². The topological polar surface area (TPSA) is 64.1 Å². The fourth-order valence-corrected chi connectivity index (χ4v) is 3.53. The average Bonchev–Trinajstić information content (AvgIpc) is 2.68. The molecule has 3 aromatic rings. The summed E-state index contributed by atoms with van der Waals surface area (Å²) < 4.78 is 5.36. The lowest BCUT2D eigenvalue weighted by Gasteiger charge is -2.23. The van der Waals surface area contributed by atoms with E-state index in [-0.39, 0.29) is 11.7 Å². The van der Waals surface area contributed by atoms with Crippen molar-refractivity contribution in [1.82, 2.24) is 9.97 Å². The molecule has 1 atom stereocenters. The van der Waals surface area contributed by atoms with Crippen LogP contribution in [0.4, 0.5) is 11.6 Å². The highest BCUT2D eigenvalue weighted by molar-refractivity contribution is 5.98. The Kier molecular flexibility index (Phi) is 4.59. The van der Waals surface area contributed by atoms with Gasteiger partial charge in [0.05, 0.1) is 24.1 Å². The number of aromatic nitrogens is 2. The number of ketones is 1. The smallest absolute Gasteiger partial charge is 0.227 e. The maximum absolute atomic E-state index is 12.6. The third kappa shape index (κ3) is 3.53. The SMILES string of the molecule is COc1ccccc1Nc1ncc2c(n1)C[C@@H](c1cccc(C)c1)CC2=O. The normalized spacial score (nSPS) is 15.9. The van der Waals surface area contributed by atoms with E-state index in [0.29, 0.717) is 23.7 Å². The van der Waals surface area contributed by atoms with Crippen molar-refractivity contribution in [3.05, 3.63) is 77.1 Å². The molecule has 2 aromatic carbocycles. The van der Waals surface area contributed by atoms with E-state index in [1.165, 1.54) is 11.1 Å². The van der Waals surface area contributed by atoms with Gasteiger partial charge in [0.1, 0.15) is 5.75 Å². The second-order valence-electron chi connectivity index (χ2n) is 6.82. The molecule has 0 radical (unpaired) electrons. The van der Waals surface area contributed by atoms with Crippen LogP contribution in [0.1, 0.15) is 39.5 Å². The van der Waals surface area contributed by atoms with Gasteiger partial charge in [-0.2, -0.15) is 0 Å². The maximum atomic E-state index is 12.6. The van der Waals surface area contributed by atoms with Crippen molar-refractivity contribution in [2.75, 3.05) is 12.4 Å². The molecule has 5 heteroatoms. The fourth-order valence-electron chi connectivity index (χ4n) is 3.53. The first kappa shape index (κ1) is 17.2. The number of fused-ring (bicyclic) bond motifs is 1. The van der Waals surface area contributed by atoms with Crippen LogP contribution in [-0.4, -0.2) is 22.9 Å². The second kappa shape index (κ2) is 7.19. The number of anilines is 2. The Hall–Kier alpha value is -3.21. The molecule has 0 amide bonds. The monoisotopic (exact) mass is 359 g/mol. The molecule has 4 rings (SSSR count). The van der Waals surface area contributed by atoms with Crippen LogP contribution in [-0.2, 0) is 6.42 Å². The highest BCUT2D eigenvalue weighted by atomic mass is 16.5. The van der Waals surface area contributed by atoms with Crippen LogP contribution in [0, 0.1) is 6.92 Å². The average molecular weight is 359 g/mol. The number of nitrogens with one attached hydrogen (secondary N) is 1. The molecule has 1 aromatic heterocycles. The van der Waals surface area contributed by atoms with Gasteiger partial charge in [0.2, 0.25) is 5.95 Å². The fraction of sp³-hybridized carbons (Fsp3) is 0.227. The minimum Gasteiger partial charge on any atom is -0.495 e. The van der Waals surface area contributed by atoms with Gasteiger partial charge in [0, 0.05) is 12.6 Å². The van der Waals surface area contributed by atoms with Crippen molar-refractivity contribution in [1.29, 1.82) is 0 Å². The molecule has 0 aliphatic heterocycles. The number of benzene rings is 2. The van der Waals surface area contributed by atoms with Crippen molar-refractivity contribution in [3.8, 4) is 5.75 Å². The summed E-state index contributed by atoms with van der Waals surface area (Å²) in [6.07, 6.45) is 2.86. The Morgan fingerprint density at radius 1 is 1.11 bits per heavy atom. The van der Waals surface area contributed by atoms with Crippen molar-refractivity contribution in [2.45, 2.75) is 25.7 Å². The number of hydrogen-bond acceptors (Lipinski definition) is 5. The van der Waals surface area contributed by atoms with Crippen LogP contribution in [0.25, 0.3) is 0 Å². The zero-order valence-corrected chi connectivity index (χ0v) is 15.4. The summed E-state index contributed by atoms with van der Waals surface area (Å²) in [5.74, 6) is 1.44. The van der Waals surface area contributed by atoms with Crippen LogP contribution >= 0.6 is 0 Å². The Labute approximate surface area is 158 Å². The van der Waals surface area contributed by atoms with Crippen LogP contribution in [0.15, 0.2) is 54.7 Å². The first-order valence-electron chi connectivity index (χ1n) is 9.00. The van der Waals surface area contributed by atoms with Gasteiger partial charge < -0.3 is 10.1 Å². The van der Waals surface area contributed by atoms with Crippen molar-refractivity contribution >= 4 is 17.4 Å². The molecule has 136 valence electrons. The zero-order chi connectivity index (χ0) is 18.8. The summed E-state index contributed by atoms with van der Waals surface area (Å²) in [5, 5.41) is 3.19. The summed E-state index contributed by atoms with van der Waals surface area (Å²) in [4.78, 5) is 21.6. The maximum Gasteiger partial charge on any atom is 0.227 e. The number of para-hydroxylation sites is 2. The van der Waals surface area contributed by atoms with E-state index < -0.39 is 0 Å². The van der Waals surface area contributed by atoms with Crippen LogP contribution < -0.4 is 10.1 Å². The van der Waals surface area contributed by atoms with Crippen molar-refractivity contribution in [2.24, 2.45) is 0 Å². The predicted octanol–water partition coefficient (Wildman–Crippen LogP) is 4.45. The number of rotatable bonds is 4. The number of methoxy groups -OCH3 is 1. The van der Waals surface area contributed by atoms with E-state index in [4.69, 9.17) is 4.74 Å². The molecule has 5 nitrogen and oxygen atoms in total. The summed E-state index contributed by atoms with van der Waals surface area (Å²) >= 11 is 0. The largest absolute Gasteiger partial charge is 0.495 e. The summed E-state index contributed by atoms with van der Waals surface area (Å²) in [5.41, 5.74) is 4.60. The molecule has 0 saturated carbocycles. The molecule has 0 unspecified atom stereocenters. The number of nitrogens with zero attached hydrogens (tertiary/aromatic N) is 2. The van der Waals surface area contributed by atoms with Gasteiger partial charge in [-0.3, -0.25) is 4.79 Å². The molecular formula is C22H21N3O2. The standard InChI is InChI=1S/C22H21N3O2/c1-14-6-5-7-15(10-14)16-11-19-17(20(26)12-16)13-23-22(25-19)24-18-8-3-4-9-21(18)27-2/h3-10,13,16H,11-12H2,1-2H3,(H,23,24,25)/t16-/m1/s1. The van der Waals surface area contributed by atoms with Crippen molar-refractivity contribution < 1.29 is 9.53 Å². The Morgan fingerprint density at radius 2 is 1.96 bits per heavy atom. The molecule has 1 aliphatic carbocycles. The highest BCUT2D eigenvalue weighted by Gasteiger charge is 2.28. The minimum atomic E-state index is 0.103. The number of Topliss-reactive ketones (excluding diaryl/α,β-unsaturated/α-hetero) is 1. The molecule has 1 heterocycles. The molecule has 0 fully saturated rings. The predicted molar refractivity (Wildman–Crippen MR) is 105 cm³/mol. The first-order valence-corrected chi connectivity index (χ1v) is 9.00. The summed E-state index contributed by atoms with van der Waals surface area (Å²) in [7, 11) is 1.62. The third-order valence-electron chi connectivity index (χ3n) is 4.91. The zero-order valence-electron chi connectivity index (χ0n) is 15.4. The van der Waals surface area contributed by atoms with Gasteiger partial charge in [-0.15, -0.1) is 0 Å². The lowest BCUT2D eigenvalue weighted by Crippen LogP contribution is -2.21. The number of carbonyl (C=O) groups is 1. The lowest BCUT2D eigenvalue weighted by atomic mass is 9.82. The molecule has 0 spiro atoms. The van der Waals surface area contributed by atoms with E-state index in [9.17, 15) is 4.79 Å². The summed E-state index contributed by atoms with van der Waals surface area (Å²) in [6.45, 7) is 2.07. The van der Waals surface area contributed by atoms with Gasteiger partial charge in [-0.05, 0) is 37.0 Å². The van der Waals surface area contributed by atoms with E-state index in [2.05, 4.69) is 40.4 Å². The highest BCUT2D eigenvalue weighted by Crippen LogP contribution is 2.33.